The zero-order valence-electron chi connectivity index (χ0n) is 12.1. The topological polar surface area (TPSA) is 66.5 Å². The average molecular weight is 265 g/mol. The predicted molar refractivity (Wildman–Crippen MR) is 79.1 cm³/mol. The monoisotopic (exact) mass is 265 g/mol. The highest BCUT2D eigenvalue weighted by Gasteiger charge is 2.21. The van der Waals surface area contributed by atoms with Crippen LogP contribution in [0.15, 0.2) is 24.3 Å². The molecule has 1 aromatic rings. The van der Waals surface area contributed by atoms with Crippen LogP contribution < -0.4 is 5.73 Å². The van der Waals surface area contributed by atoms with E-state index >= 15 is 0 Å². The summed E-state index contributed by atoms with van der Waals surface area (Å²) in [6.45, 7) is 4.34. The molecule has 1 unspecified atom stereocenters. The van der Waals surface area contributed by atoms with Gasteiger partial charge in [0.05, 0.1) is 11.7 Å². The van der Waals surface area contributed by atoms with Gasteiger partial charge in [-0.1, -0.05) is 38.1 Å². The maximum absolute atomic E-state index is 10.3. The smallest absolute Gasteiger partial charge is 0.0702 e. The molecule has 0 bridgehead atoms. The summed E-state index contributed by atoms with van der Waals surface area (Å²) in [7, 11) is 0. The van der Waals surface area contributed by atoms with Crippen molar-refractivity contribution in [2.75, 3.05) is 6.54 Å². The van der Waals surface area contributed by atoms with Crippen molar-refractivity contribution in [3.05, 3.63) is 35.4 Å². The normalized spacial score (nSPS) is 13.5. The first-order valence-corrected chi connectivity index (χ1v) is 7.21. The Kier molecular flexibility index (Phi) is 6.49. The van der Waals surface area contributed by atoms with Crippen LogP contribution in [0.4, 0.5) is 0 Å². The van der Waals surface area contributed by atoms with Crippen LogP contribution in [0.3, 0.4) is 0 Å². The molecule has 0 saturated heterocycles. The van der Waals surface area contributed by atoms with Crippen molar-refractivity contribution < 1.29 is 10.2 Å². The van der Waals surface area contributed by atoms with Crippen molar-refractivity contribution in [3.8, 4) is 0 Å². The van der Waals surface area contributed by atoms with Gasteiger partial charge in [0.15, 0.2) is 0 Å². The summed E-state index contributed by atoms with van der Waals surface area (Å²) in [5.74, 6) is 0. The Morgan fingerprint density at radius 3 is 2.42 bits per heavy atom. The Labute approximate surface area is 116 Å². The second kappa shape index (κ2) is 7.63. The quantitative estimate of drug-likeness (QED) is 0.674. The van der Waals surface area contributed by atoms with Gasteiger partial charge in [0.2, 0.25) is 0 Å². The molecular weight excluding hydrogens is 238 g/mol. The Morgan fingerprint density at radius 1 is 1.21 bits per heavy atom. The highest BCUT2D eigenvalue weighted by atomic mass is 16.3. The van der Waals surface area contributed by atoms with E-state index in [1.165, 1.54) is 5.56 Å². The molecule has 1 atom stereocenters. The molecule has 3 nitrogen and oxygen atoms in total. The van der Waals surface area contributed by atoms with Crippen molar-refractivity contribution in [2.45, 2.75) is 57.7 Å². The van der Waals surface area contributed by atoms with E-state index in [2.05, 4.69) is 12.1 Å². The third kappa shape index (κ3) is 5.31. The lowest BCUT2D eigenvalue weighted by molar-refractivity contribution is 0.0239. The molecule has 4 N–H and O–H groups in total. The van der Waals surface area contributed by atoms with Crippen molar-refractivity contribution in [2.24, 2.45) is 5.73 Å². The van der Waals surface area contributed by atoms with Gasteiger partial charge in [-0.2, -0.15) is 0 Å². The second-order valence-electron chi connectivity index (χ2n) is 5.35. The molecule has 0 spiro atoms. The molecule has 19 heavy (non-hydrogen) atoms. The number of nitrogens with two attached hydrogens (primary N) is 1. The van der Waals surface area contributed by atoms with Gasteiger partial charge in [0, 0.05) is 6.54 Å². The lowest BCUT2D eigenvalue weighted by atomic mass is 9.89. The van der Waals surface area contributed by atoms with Crippen molar-refractivity contribution in [3.63, 3.8) is 0 Å². The predicted octanol–water partition coefficient (Wildman–Crippen LogP) is 2.03. The van der Waals surface area contributed by atoms with Gasteiger partial charge >= 0.3 is 0 Å². The summed E-state index contributed by atoms with van der Waals surface area (Å²) in [6.07, 6.45) is 3.34. The molecule has 0 heterocycles. The van der Waals surface area contributed by atoms with E-state index in [0.717, 1.165) is 31.2 Å². The van der Waals surface area contributed by atoms with Crippen LogP contribution in [0.2, 0.25) is 0 Å². The Morgan fingerprint density at radius 2 is 1.84 bits per heavy atom. The molecule has 3 heteroatoms. The van der Waals surface area contributed by atoms with Crippen LogP contribution in [0.25, 0.3) is 0 Å². The van der Waals surface area contributed by atoms with E-state index in [-0.39, 0.29) is 6.54 Å². The highest BCUT2D eigenvalue weighted by molar-refractivity contribution is 5.24. The van der Waals surface area contributed by atoms with Crippen LogP contribution in [-0.2, 0) is 12.8 Å². The standard InChI is InChI=1S/C16H27NO2/c1-3-16(19,4-2)9-8-13-6-5-7-14(10-13)11-15(18)12-17/h5-7,10,15,18-19H,3-4,8-9,11-12,17H2,1-2H3. The lowest BCUT2D eigenvalue weighted by Gasteiger charge is -2.25. The molecular formula is C16H27NO2. The fraction of sp³-hybridized carbons (Fsp3) is 0.625. The maximum atomic E-state index is 10.3. The fourth-order valence-electron chi connectivity index (χ4n) is 2.25. The molecule has 0 fully saturated rings. The number of aliphatic hydroxyl groups excluding tert-OH is 1. The number of aryl methyl sites for hydroxylation is 1. The molecule has 0 aliphatic rings. The Hall–Kier alpha value is -0.900. The van der Waals surface area contributed by atoms with Crippen LogP contribution >= 0.6 is 0 Å². The van der Waals surface area contributed by atoms with Gasteiger partial charge in [0.1, 0.15) is 0 Å². The summed E-state index contributed by atoms with van der Waals surface area (Å²) in [5, 5.41) is 19.9. The van der Waals surface area contributed by atoms with Gasteiger partial charge < -0.3 is 15.9 Å². The number of benzene rings is 1. The van der Waals surface area contributed by atoms with Crippen LogP contribution in [-0.4, -0.2) is 28.5 Å². The minimum Gasteiger partial charge on any atom is -0.391 e. The highest BCUT2D eigenvalue weighted by Crippen LogP contribution is 2.22. The first kappa shape index (κ1) is 16.2. The second-order valence-corrected chi connectivity index (χ2v) is 5.35. The minimum absolute atomic E-state index is 0.287. The summed E-state index contributed by atoms with van der Waals surface area (Å²) in [5.41, 5.74) is 7.19. The maximum Gasteiger partial charge on any atom is 0.0702 e. The first-order valence-electron chi connectivity index (χ1n) is 7.21. The molecule has 0 saturated carbocycles. The van der Waals surface area contributed by atoms with Gasteiger partial charge in [0.25, 0.3) is 0 Å². The van der Waals surface area contributed by atoms with Crippen LogP contribution in [0.5, 0.6) is 0 Å². The molecule has 0 aliphatic carbocycles. The summed E-state index contributed by atoms with van der Waals surface area (Å²) < 4.78 is 0. The van der Waals surface area contributed by atoms with E-state index < -0.39 is 11.7 Å². The largest absolute Gasteiger partial charge is 0.391 e. The average Bonchev–Trinajstić information content (AvgIpc) is 2.45. The minimum atomic E-state index is -0.549. The number of hydrogen-bond donors (Lipinski definition) is 3. The van der Waals surface area contributed by atoms with Gasteiger partial charge in [-0.05, 0) is 43.2 Å². The van der Waals surface area contributed by atoms with E-state index in [0.29, 0.717) is 6.42 Å². The van der Waals surface area contributed by atoms with Crippen molar-refractivity contribution in [1.82, 2.24) is 0 Å². The van der Waals surface area contributed by atoms with Crippen molar-refractivity contribution >= 4 is 0 Å². The van der Waals surface area contributed by atoms with Crippen molar-refractivity contribution in [1.29, 1.82) is 0 Å². The molecule has 0 amide bonds. The zero-order chi connectivity index (χ0) is 14.3. The molecule has 1 rings (SSSR count). The fourth-order valence-corrected chi connectivity index (χ4v) is 2.25. The molecule has 108 valence electrons. The number of rotatable bonds is 8. The molecule has 1 aromatic carbocycles. The van der Waals surface area contributed by atoms with E-state index in [4.69, 9.17) is 5.73 Å². The number of hydrogen-bond acceptors (Lipinski definition) is 3. The summed E-state index contributed by atoms with van der Waals surface area (Å²) >= 11 is 0. The third-order valence-electron chi connectivity index (χ3n) is 3.93. The Balaban J connectivity index is 2.62. The Bertz CT molecular complexity index is 375. The zero-order valence-corrected chi connectivity index (χ0v) is 12.1. The molecule has 0 aromatic heterocycles. The van der Waals surface area contributed by atoms with Crippen LogP contribution in [0, 0.1) is 0 Å². The third-order valence-corrected chi connectivity index (χ3v) is 3.93. The van der Waals surface area contributed by atoms with E-state index in [1.807, 2.05) is 26.0 Å². The van der Waals surface area contributed by atoms with Gasteiger partial charge in [-0.25, -0.2) is 0 Å². The van der Waals surface area contributed by atoms with Gasteiger partial charge in [-0.3, -0.25) is 0 Å². The number of aliphatic hydroxyl groups is 2. The lowest BCUT2D eigenvalue weighted by Crippen LogP contribution is -2.27. The van der Waals surface area contributed by atoms with Crippen LogP contribution in [0.1, 0.15) is 44.2 Å². The van der Waals surface area contributed by atoms with E-state index in [1.54, 1.807) is 0 Å². The SMILES string of the molecule is CCC(O)(CC)CCc1cccc(CC(O)CN)c1. The molecule has 0 aliphatic heterocycles. The van der Waals surface area contributed by atoms with E-state index in [9.17, 15) is 10.2 Å². The first-order chi connectivity index (χ1) is 9.03. The summed E-state index contributed by atoms with van der Waals surface area (Å²) in [6, 6.07) is 8.19. The van der Waals surface area contributed by atoms with Gasteiger partial charge in [-0.15, -0.1) is 0 Å². The summed E-state index contributed by atoms with van der Waals surface area (Å²) in [4.78, 5) is 0. The molecule has 0 radical (unpaired) electrons.